The Bertz CT molecular complexity index is 802. The van der Waals surface area contributed by atoms with Crippen molar-refractivity contribution in [1.29, 1.82) is 0 Å². The van der Waals surface area contributed by atoms with Crippen LogP contribution in [0.25, 0.3) is 0 Å². The molecule has 0 heterocycles. The monoisotopic (exact) mass is 374 g/mol. The Hall–Kier alpha value is -1.89. The molecule has 0 saturated heterocycles. The lowest BCUT2D eigenvalue weighted by molar-refractivity contribution is -0.124. The maximum atomic E-state index is 13.8. The van der Waals surface area contributed by atoms with E-state index in [0.717, 1.165) is 25.7 Å². The topological polar surface area (TPSA) is 17.1 Å². The van der Waals surface area contributed by atoms with Gasteiger partial charge in [0, 0.05) is 0 Å². The maximum absolute atomic E-state index is 13.8. The highest BCUT2D eigenvalue weighted by Gasteiger charge is 2.63. The number of Topliss-reactive ketones (excluding diaryl/α,β-unsaturated/α-hetero) is 1. The number of hydrogen-bond acceptors (Lipinski definition) is 1. The third-order valence-corrected chi connectivity index (χ3v) is 6.98. The highest BCUT2D eigenvalue weighted by molar-refractivity contribution is 6.03. The minimum Gasteiger partial charge on any atom is -0.298 e. The molecule has 0 unspecified atom stereocenters. The highest BCUT2D eigenvalue weighted by atomic mass is 16.1. The molecule has 148 valence electrons. The molecule has 0 atom stereocenters. The summed E-state index contributed by atoms with van der Waals surface area (Å²) in [4.78, 5) is 13.8. The smallest absolute Gasteiger partial charge is 0.153 e. The quantitative estimate of drug-likeness (QED) is 0.588. The first-order chi connectivity index (χ1) is 13.0. The zero-order chi connectivity index (χ0) is 20.4. The average Bonchev–Trinajstić information content (AvgIpc) is 3.54. The van der Waals surface area contributed by atoms with Gasteiger partial charge in [0.2, 0.25) is 0 Å². The SMILES string of the molecule is CC(C)(C)c1ccc(C2(C(=O)C3(c4ccc(C(C)(C)C)cc4)CC3)CC2)cc1. The van der Waals surface area contributed by atoms with Crippen molar-refractivity contribution >= 4 is 5.78 Å². The second-order valence-corrected chi connectivity index (χ2v) is 11.1. The van der Waals surface area contributed by atoms with Gasteiger partial charge in [0.15, 0.2) is 5.78 Å². The second kappa shape index (κ2) is 6.05. The summed E-state index contributed by atoms with van der Waals surface area (Å²) in [6, 6.07) is 17.7. The lowest BCUT2D eigenvalue weighted by Crippen LogP contribution is -2.32. The third-order valence-electron chi connectivity index (χ3n) is 6.98. The van der Waals surface area contributed by atoms with Crippen LogP contribution in [0.1, 0.15) is 89.5 Å². The van der Waals surface area contributed by atoms with Gasteiger partial charge in [0.05, 0.1) is 10.8 Å². The van der Waals surface area contributed by atoms with Crippen molar-refractivity contribution in [2.45, 2.75) is 88.9 Å². The molecule has 2 aliphatic carbocycles. The molecular weight excluding hydrogens is 340 g/mol. The van der Waals surface area contributed by atoms with Crippen molar-refractivity contribution in [3.63, 3.8) is 0 Å². The Kier molecular flexibility index (Phi) is 4.20. The van der Waals surface area contributed by atoms with Crippen LogP contribution in [-0.4, -0.2) is 5.78 Å². The van der Waals surface area contributed by atoms with Crippen LogP contribution in [0.2, 0.25) is 0 Å². The number of carbonyl (C=O) groups is 1. The van der Waals surface area contributed by atoms with Crippen LogP contribution in [0.15, 0.2) is 48.5 Å². The Morgan fingerprint density at radius 2 is 0.893 bits per heavy atom. The van der Waals surface area contributed by atoms with Gasteiger partial charge in [-0.15, -0.1) is 0 Å². The summed E-state index contributed by atoms with van der Waals surface area (Å²) < 4.78 is 0. The number of carbonyl (C=O) groups excluding carboxylic acids is 1. The molecule has 1 nitrogen and oxygen atoms in total. The Morgan fingerprint density at radius 3 is 1.11 bits per heavy atom. The Labute approximate surface area is 170 Å². The van der Waals surface area contributed by atoms with E-state index in [2.05, 4.69) is 90.1 Å². The molecule has 0 spiro atoms. The molecule has 1 heteroatoms. The molecule has 2 saturated carbocycles. The summed E-state index contributed by atoms with van der Waals surface area (Å²) in [5, 5.41) is 0. The van der Waals surface area contributed by atoms with E-state index in [9.17, 15) is 4.79 Å². The molecule has 0 radical (unpaired) electrons. The maximum Gasteiger partial charge on any atom is 0.153 e. The first kappa shape index (κ1) is 19.4. The van der Waals surface area contributed by atoms with Crippen molar-refractivity contribution in [2.24, 2.45) is 0 Å². The minimum atomic E-state index is -0.240. The molecule has 0 amide bonds. The van der Waals surface area contributed by atoms with Crippen LogP contribution in [0.5, 0.6) is 0 Å². The van der Waals surface area contributed by atoms with Crippen LogP contribution in [0, 0.1) is 0 Å². The molecule has 0 aliphatic heterocycles. The largest absolute Gasteiger partial charge is 0.298 e. The zero-order valence-corrected chi connectivity index (χ0v) is 18.4. The standard InChI is InChI=1S/C27H34O/c1-24(2,3)19-7-11-21(12-8-19)26(15-16-26)23(28)27(17-18-27)22-13-9-20(10-14-22)25(4,5)6/h7-14H,15-18H2,1-6H3. The van der Waals surface area contributed by atoms with Gasteiger partial charge in [-0.3, -0.25) is 4.79 Å². The lowest BCUT2D eigenvalue weighted by Gasteiger charge is -2.25. The predicted molar refractivity (Wildman–Crippen MR) is 117 cm³/mol. The lowest BCUT2D eigenvalue weighted by atomic mass is 9.77. The van der Waals surface area contributed by atoms with Gasteiger partial charge in [-0.25, -0.2) is 0 Å². The van der Waals surface area contributed by atoms with Crippen molar-refractivity contribution in [1.82, 2.24) is 0 Å². The average molecular weight is 375 g/mol. The molecule has 4 rings (SSSR count). The van der Waals surface area contributed by atoms with E-state index < -0.39 is 0 Å². The summed E-state index contributed by atoms with van der Waals surface area (Å²) in [6.45, 7) is 13.4. The van der Waals surface area contributed by atoms with Crippen LogP contribution in [0.4, 0.5) is 0 Å². The Balaban J connectivity index is 1.62. The molecule has 2 fully saturated rings. The fourth-order valence-electron chi connectivity index (χ4n) is 4.58. The van der Waals surface area contributed by atoms with E-state index in [4.69, 9.17) is 0 Å². The second-order valence-electron chi connectivity index (χ2n) is 11.1. The third kappa shape index (κ3) is 3.13. The summed E-state index contributed by atoms with van der Waals surface area (Å²) in [6.07, 6.45) is 4.01. The van der Waals surface area contributed by atoms with Crippen LogP contribution in [-0.2, 0) is 26.5 Å². The predicted octanol–water partition coefficient (Wildman–Crippen LogP) is 6.61. The van der Waals surface area contributed by atoms with Crippen LogP contribution in [0.3, 0.4) is 0 Å². The van der Waals surface area contributed by atoms with Crippen LogP contribution < -0.4 is 0 Å². The van der Waals surface area contributed by atoms with Gasteiger partial charge < -0.3 is 0 Å². The molecule has 0 bridgehead atoms. The number of benzene rings is 2. The van der Waals surface area contributed by atoms with Crippen molar-refractivity contribution < 1.29 is 4.79 Å². The van der Waals surface area contributed by atoms with Crippen LogP contribution >= 0.6 is 0 Å². The van der Waals surface area contributed by atoms with Crippen molar-refractivity contribution in [3.05, 3.63) is 70.8 Å². The van der Waals surface area contributed by atoms with E-state index >= 15 is 0 Å². The molecule has 28 heavy (non-hydrogen) atoms. The van der Waals surface area contributed by atoms with Crippen molar-refractivity contribution in [3.8, 4) is 0 Å². The van der Waals surface area contributed by atoms with E-state index in [1.807, 2.05) is 0 Å². The summed E-state index contributed by atoms with van der Waals surface area (Å²) >= 11 is 0. The van der Waals surface area contributed by atoms with Gasteiger partial charge in [-0.05, 0) is 58.8 Å². The highest BCUT2D eigenvalue weighted by Crippen LogP contribution is 2.60. The van der Waals surface area contributed by atoms with Gasteiger partial charge in [-0.2, -0.15) is 0 Å². The normalized spacial score (nSPS) is 19.9. The van der Waals surface area contributed by atoms with Crippen molar-refractivity contribution in [2.75, 3.05) is 0 Å². The summed E-state index contributed by atoms with van der Waals surface area (Å²) in [5.74, 6) is 0.465. The van der Waals surface area contributed by atoms with E-state index in [-0.39, 0.29) is 21.7 Å². The number of ketones is 1. The molecule has 2 aromatic rings. The van der Waals surface area contributed by atoms with Gasteiger partial charge in [0.1, 0.15) is 0 Å². The fraction of sp³-hybridized carbons (Fsp3) is 0.519. The molecule has 2 aliphatic rings. The Morgan fingerprint density at radius 1 is 0.607 bits per heavy atom. The fourth-order valence-corrected chi connectivity index (χ4v) is 4.58. The van der Waals surface area contributed by atoms with E-state index in [1.165, 1.54) is 22.3 Å². The summed E-state index contributed by atoms with van der Waals surface area (Å²) in [7, 11) is 0. The van der Waals surface area contributed by atoms with Gasteiger partial charge in [-0.1, -0.05) is 90.1 Å². The zero-order valence-electron chi connectivity index (χ0n) is 18.4. The number of hydrogen-bond donors (Lipinski definition) is 0. The van der Waals surface area contributed by atoms with E-state index in [0.29, 0.717) is 5.78 Å². The van der Waals surface area contributed by atoms with Gasteiger partial charge >= 0.3 is 0 Å². The molecule has 2 aromatic carbocycles. The number of rotatable bonds is 4. The minimum absolute atomic E-state index is 0.145. The van der Waals surface area contributed by atoms with Gasteiger partial charge in [0.25, 0.3) is 0 Å². The molecular formula is C27H34O. The first-order valence-corrected chi connectivity index (χ1v) is 10.8. The summed E-state index contributed by atoms with van der Waals surface area (Å²) in [5.41, 5.74) is 4.92. The van der Waals surface area contributed by atoms with E-state index in [1.54, 1.807) is 0 Å². The first-order valence-electron chi connectivity index (χ1n) is 10.8. The molecule has 0 aromatic heterocycles. The molecule has 0 N–H and O–H groups in total.